The van der Waals surface area contributed by atoms with Crippen molar-refractivity contribution in [3.05, 3.63) is 16.6 Å². The van der Waals surface area contributed by atoms with Crippen LogP contribution in [0.2, 0.25) is 0 Å². The molecule has 0 amide bonds. The Kier molecular flexibility index (Phi) is 3.65. The van der Waals surface area contributed by atoms with E-state index in [1.54, 1.807) is 11.3 Å². The lowest BCUT2D eigenvalue weighted by Gasteiger charge is -2.30. The van der Waals surface area contributed by atoms with Gasteiger partial charge < -0.3 is 5.32 Å². The highest BCUT2D eigenvalue weighted by Crippen LogP contribution is 2.30. The number of aromatic nitrogens is 1. The Morgan fingerprint density at radius 1 is 1.50 bits per heavy atom. The molecule has 3 heteroatoms. The Bertz CT molecular complexity index is 309. The molecule has 1 aromatic rings. The van der Waals surface area contributed by atoms with E-state index in [0.717, 1.165) is 19.0 Å². The van der Waals surface area contributed by atoms with Crippen LogP contribution in [0.25, 0.3) is 0 Å². The molecule has 1 atom stereocenters. The van der Waals surface area contributed by atoms with E-state index in [4.69, 9.17) is 0 Å². The van der Waals surface area contributed by atoms with E-state index >= 15 is 0 Å². The standard InChI is InChI=1S/C13H22N2S/c1-13(2,3)10(9-15-11-4-5-11)8-12-14-6-7-16-12/h6-7,10-11,15H,4-5,8-9H2,1-3H3. The zero-order chi connectivity index (χ0) is 11.6. The first-order chi connectivity index (χ1) is 7.55. The fourth-order valence-electron chi connectivity index (χ4n) is 1.85. The first-order valence-corrected chi connectivity index (χ1v) is 7.05. The molecule has 0 radical (unpaired) electrons. The molecular formula is C13H22N2S. The molecule has 1 heterocycles. The first-order valence-electron chi connectivity index (χ1n) is 6.17. The molecular weight excluding hydrogens is 216 g/mol. The van der Waals surface area contributed by atoms with Crippen LogP contribution in [0.15, 0.2) is 11.6 Å². The van der Waals surface area contributed by atoms with Crippen molar-refractivity contribution in [1.29, 1.82) is 0 Å². The second kappa shape index (κ2) is 4.84. The number of nitrogens with one attached hydrogen (secondary N) is 1. The van der Waals surface area contributed by atoms with Gasteiger partial charge >= 0.3 is 0 Å². The summed E-state index contributed by atoms with van der Waals surface area (Å²) in [5, 5.41) is 7.00. The lowest BCUT2D eigenvalue weighted by molar-refractivity contribution is 0.230. The summed E-state index contributed by atoms with van der Waals surface area (Å²) in [5.41, 5.74) is 0.355. The average molecular weight is 238 g/mol. The summed E-state index contributed by atoms with van der Waals surface area (Å²) in [6, 6.07) is 0.807. The van der Waals surface area contributed by atoms with Crippen LogP contribution in [0.4, 0.5) is 0 Å². The summed E-state index contributed by atoms with van der Waals surface area (Å²) in [5.74, 6) is 0.680. The SMILES string of the molecule is CC(C)(C)C(CNC1CC1)Cc1nccs1. The number of nitrogens with zero attached hydrogens (tertiary/aromatic N) is 1. The van der Waals surface area contributed by atoms with Crippen molar-refractivity contribution >= 4 is 11.3 Å². The lowest BCUT2D eigenvalue weighted by Crippen LogP contribution is -2.34. The Morgan fingerprint density at radius 3 is 2.75 bits per heavy atom. The monoisotopic (exact) mass is 238 g/mol. The van der Waals surface area contributed by atoms with Crippen molar-refractivity contribution in [3.63, 3.8) is 0 Å². The maximum Gasteiger partial charge on any atom is 0.0928 e. The molecule has 1 N–H and O–H groups in total. The third-order valence-corrected chi connectivity index (χ3v) is 4.16. The molecule has 1 aliphatic carbocycles. The van der Waals surface area contributed by atoms with Gasteiger partial charge in [-0.2, -0.15) is 0 Å². The van der Waals surface area contributed by atoms with Crippen LogP contribution in [-0.4, -0.2) is 17.6 Å². The van der Waals surface area contributed by atoms with Crippen LogP contribution >= 0.6 is 11.3 Å². The topological polar surface area (TPSA) is 24.9 Å². The number of thiazole rings is 1. The number of hydrogen-bond donors (Lipinski definition) is 1. The lowest BCUT2D eigenvalue weighted by atomic mass is 9.79. The highest BCUT2D eigenvalue weighted by Gasteiger charge is 2.28. The van der Waals surface area contributed by atoms with Gasteiger partial charge in [-0.3, -0.25) is 0 Å². The molecule has 1 aromatic heterocycles. The Labute approximate surface area is 102 Å². The highest BCUT2D eigenvalue weighted by atomic mass is 32.1. The predicted octanol–water partition coefficient (Wildman–Crippen LogP) is 3.10. The quantitative estimate of drug-likeness (QED) is 0.852. The van der Waals surface area contributed by atoms with E-state index in [1.165, 1.54) is 17.8 Å². The molecule has 90 valence electrons. The van der Waals surface area contributed by atoms with Gasteiger partial charge in [-0.25, -0.2) is 4.98 Å². The van der Waals surface area contributed by atoms with Gasteiger partial charge in [0.15, 0.2) is 0 Å². The van der Waals surface area contributed by atoms with Gasteiger partial charge in [-0.15, -0.1) is 11.3 Å². The smallest absolute Gasteiger partial charge is 0.0928 e. The average Bonchev–Trinajstić information content (AvgIpc) is 2.87. The molecule has 0 spiro atoms. The van der Waals surface area contributed by atoms with Gasteiger partial charge in [0.2, 0.25) is 0 Å². The molecule has 0 aromatic carbocycles. The van der Waals surface area contributed by atoms with E-state index in [-0.39, 0.29) is 0 Å². The molecule has 1 saturated carbocycles. The van der Waals surface area contributed by atoms with Crippen molar-refractivity contribution in [3.8, 4) is 0 Å². The van der Waals surface area contributed by atoms with Crippen LogP contribution < -0.4 is 5.32 Å². The first kappa shape index (κ1) is 12.1. The minimum absolute atomic E-state index is 0.355. The van der Waals surface area contributed by atoms with Crippen molar-refractivity contribution in [2.24, 2.45) is 11.3 Å². The van der Waals surface area contributed by atoms with Gasteiger partial charge in [0.25, 0.3) is 0 Å². The summed E-state index contributed by atoms with van der Waals surface area (Å²) < 4.78 is 0. The number of rotatable bonds is 5. The summed E-state index contributed by atoms with van der Waals surface area (Å²) in [6.07, 6.45) is 5.76. The molecule has 2 nitrogen and oxygen atoms in total. The fraction of sp³-hybridized carbons (Fsp3) is 0.769. The second-order valence-corrected chi connectivity index (χ2v) is 6.85. The maximum atomic E-state index is 4.40. The van der Waals surface area contributed by atoms with Gasteiger partial charge in [0, 0.05) is 24.0 Å². The second-order valence-electron chi connectivity index (χ2n) is 5.88. The molecule has 0 bridgehead atoms. The number of hydrogen-bond acceptors (Lipinski definition) is 3. The van der Waals surface area contributed by atoms with Crippen LogP contribution in [0.5, 0.6) is 0 Å². The fourth-order valence-corrected chi connectivity index (χ4v) is 2.54. The third kappa shape index (κ3) is 3.56. The van der Waals surface area contributed by atoms with Gasteiger partial charge in [0.1, 0.15) is 0 Å². The zero-order valence-electron chi connectivity index (χ0n) is 10.5. The molecule has 1 aliphatic rings. The van der Waals surface area contributed by atoms with Crippen LogP contribution in [-0.2, 0) is 6.42 Å². The molecule has 16 heavy (non-hydrogen) atoms. The van der Waals surface area contributed by atoms with Crippen molar-refractivity contribution in [1.82, 2.24) is 10.3 Å². The van der Waals surface area contributed by atoms with Crippen molar-refractivity contribution in [2.75, 3.05) is 6.54 Å². The van der Waals surface area contributed by atoms with E-state index in [9.17, 15) is 0 Å². The minimum Gasteiger partial charge on any atom is -0.314 e. The molecule has 0 aliphatic heterocycles. The van der Waals surface area contributed by atoms with Crippen LogP contribution in [0.1, 0.15) is 38.6 Å². The summed E-state index contributed by atoms with van der Waals surface area (Å²) >= 11 is 1.78. The minimum atomic E-state index is 0.355. The summed E-state index contributed by atoms with van der Waals surface area (Å²) in [7, 11) is 0. The van der Waals surface area contributed by atoms with E-state index in [1.807, 2.05) is 6.20 Å². The van der Waals surface area contributed by atoms with E-state index in [0.29, 0.717) is 11.3 Å². The summed E-state index contributed by atoms with van der Waals surface area (Å²) in [4.78, 5) is 4.40. The third-order valence-electron chi connectivity index (χ3n) is 3.36. The maximum absolute atomic E-state index is 4.40. The largest absolute Gasteiger partial charge is 0.314 e. The normalized spacial score (nSPS) is 18.7. The predicted molar refractivity (Wildman–Crippen MR) is 69.8 cm³/mol. The molecule has 2 rings (SSSR count). The Morgan fingerprint density at radius 2 is 2.25 bits per heavy atom. The van der Waals surface area contributed by atoms with Gasteiger partial charge in [0.05, 0.1) is 5.01 Å². The zero-order valence-corrected chi connectivity index (χ0v) is 11.3. The van der Waals surface area contributed by atoms with Crippen LogP contribution in [0, 0.1) is 11.3 Å². The molecule has 0 saturated heterocycles. The van der Waals surface area contributed by atoms with Gasteiger partial charge in [-0.05, 0) is 30.7 Å². The van der Waals surface area contributed by atoms with Crippen molar-refractivity contribution in [2.45, 2.75) is 46.1 Å². The Hall–Kier alpha value is -0.410. The van der Waals surface area contributed by atoms with E-state index in [2.05, 4.69) is 36.5 Å². The van der Waals surface area contributed by atoms with Crippen molar-refractivity contribution < 1.29 is 0 Å². The molecule has 1 fully saturated rings. The summed E-state index contributed by atoms with van der Waals surface area (Å²) in [6.45, 7) is 8.13. The highest BCUT2D eigenvalue weighted by molar-refractivity contribution is 7.09. The van der Waals surface area contributed by atoms with Crippen LogP contribution in [0.3, 0.4) is 0 Å². The van der Waals surface area contributed by atoms with Gasteiger partial charge in [-0.1, -0.05) is 20.8 Å². The Balaban J connectivity index is 1.90. The van der Waals surface area contributed by atoms with E-state index < -0.39 is 0 Å². The molecule has 1 unspecified atom stereocenters.